The summed E-state index contributed by atoms with van der Waals surface area (Å²) in [6.45, 7) is 5.81. The fourth-order valence-electron chi connectivity index (χ4n) is 2.84. The molecule has 1 N–H and O–H groups in total. The van der Waals surface area contributed by atoms with Gasteiger partial charge in [0.15, 0.2) is 0 Å². The third kappa shape index (κ3) is 2.30. The van der Waals surface area contributed by atoms with E-state index in [-0.39, 0.29) is 0 Å². The van der Waals surface area contributed by atoms with Crippen LogP contribution in [0.3, 0.4) is 0 Å². The maximum atomic E-state index is 5.71. The van der Waals surface area contributed by atoms with Crippen molar-refractivity contribution in [2.45, 2.75) is 32.7 Å². The SMILES string of the molecule is CCOc1ccc(C2CCCN2)c2ccc(C)nc12. The molecule has 1 aromatic carbocycles. The second-order valence-electron chi connectivity index (χ2n) is 5.08. The Balaban J connectivity index is 2.16. The second-order valence-corrected chi connectivity index (χ2v) is 5.08. The van der Waals surface area contributed by atoms with E-state index in [0.29, 0.717) is 12.6 Å². The first-order valence-electron chi connectivity index (χ1n) is 7.06. The Morgan fingerprint density at radius 3 is 2.95 bits per heavy atom. The number of rotatable bonds is 3. The van der Waals surface area contributed by atoms with Gasteiger partial charge in [0.25, 0.3) is 0 Å². The number of pyridine rings is 1. The molecule has 0 aliphatic carbocycles. The van der Waals surface area contributed by atoms with E-state index in [2.05, 4.69) is 34.6 Å². The molecule has 2 aromatic rings. The molecule has 19 heavy (non-hydrogen) atoms. The van der Waals surface area contributed by atoms with Crippen LogP contribution in [0.1, 0.15) is 37.1 Å². The molecule has 0 radical (unpaired) electrons. The van der Waals surface area contributed by atoms with Crippen molar-refractivity contribution >= 4 is 10.9 Å². The zero-order valence-corrected chi connectivity index (χ0v) is 11.6. The topological polar surface area (TPSA) is 34.1 Å². The maximum absolute atomic E-state index is 5.71. The van der Waals surface area contributed by atoms with Crippen LogP contribution in [0.4, 0.5) is 0 Å². The summed E-state index contributed by atoms with van der Waals surface area (Å²) >= 11 is 0. The minimum absolute atomic E-state index is 0.461. The molecule has 0 spiro atoms. The van der Waals surface area contributed by atoms with Crippen molar-refractivity contribution in [2.75, 3.05) is 13.2 Å². The molecule has 2 heterocycles. The molecule has 1 saturated heterocycles. The Bertz CT molecular complexity index is 589. The van der Waals surface area contributed by atoms with Crippen LogP contribution in [0, 0.1) is 6.92 Å². The van der Waals surface area contributed by atoms with Gasteiger partial charge in [-0.3, -0.25) is 0 Å². The molecule has 1 fully saturated rings. The van der Waals surface area contributed by atoms with E-state index in [0.717, 1.165) is 23.5 Å². The van der Waals surface area contributed by atoms with Crippen LogP contribution >= 0.6 is 0 Å². The van der Waals surface area contributed by atoms with Gasteiger partial charge < -0.3 is 10.1 Å². The summed E-state index contributed by atoms with van der Waals surface area (Å²) in [6, 6.07) is 8.97. The third-order valence-electron chi connectivity index (χ3n) is 3.73. The number of nitrogens with one attached hydrogen (secondary N) is 1. The van der Waals surface area contributed by atoms with Crippen LogP contribution in [0.15, 0.2) is 24.3 Å². The molecule has 100 valence electrons. The Morgan fingerprint density at radius 1 is 1.32 bits per heavy atom. The molecule has 0 bridgehead atoms. The van der Waals surface area contributed by atoms with E-state index < -0.39 is 0 Å². The fraction of sp³-hybridized carbons (Fsp3) is 0.438. The number of nitrogens with zero attached hydrogens (tertiary/aromatic N) is 1. The van der Waals surface area contributed by atoms with Crippen LogP contribution in [0.2, 0.25) is 0 Å². The lowest BCUT2D eigenvalue weighted by atomic mass is 9.99. The lowest BCUT2D eigenvalue weighted by Crippen LogP contribution is -2.13. The maximum Gasteiger partial charge on any atom is 0.145 e. The first kappa shape index (κ1) is 12.4. The van der Waals surface area contributed by atoms with E-state index in [1.165, 1.54) is 23.8 Å². The summed E-state index contributed by atoms with van der Waals surface area (Å²) in [5, 5.41) is 4.78. The van der Waals surface area contributed by atoms with Crippen molar-refractivity contribution in [1.82, 2.24) is 10.3 Å². The Labute approximate surface area is 114 Å². The van der Waals surface area contributed by atoms with Crippen LogP contribution in [-0.4, -0.2) is 18.1 Å². The van der Waals surface area contributed by atoms with Crippen molar-refractivity contribution < 1.29 is 4.74 Å². The van der Waals surface area contributed by atoms with Gasteiger partial charge in [-0.15, -0.1) is 0 Å². The molecule has 1 atom stereocenters. The van der Waals surface area contributed by atoms with Gasteiger partial charge in [0.05, 0.1) is 6.61 Å². The summed E-state index contributed by atoms with van der Waals surface area (Å²) in [4.78, 5) is 4.67. The van der Waals surface area contributed by atoms with E-state index in [4.69, 9.17) is 4.74 Å². The normalized spacial score (nSPS) is 18.9. The van der Waals surface area contributed by atoms with Crippen molar-refractivity contribution in [3.8, 4) is 5.75 Å². The van der Waals surface area contributed by atoms with E-state index in [1.54, 1.807) is 0 Å². The number of benzene rings is 1. The number of fused-ring (bicyclic) bond motifs is 1. The minimum atomic E-state index is 0.461. The largest absolute Gasteiger partial charge is 0.492 e. The summed E-state index contributed by atoms with van der Waals surface area (Å²) < 4.78 is 5.71. The molecular weight excluding hydrogens is 236 g/mol. The standard InChI is InChI=1S/C16H20N2O/c1-3-19-15-9-8-12(14-5-4-10-17-14)13-7-6-11(2)18-16(13)15/h6-9,14,17H,3-5,10H2,1-2H3. The summed E-state index contributed by atoms with van der Waals surface area (Å²) in [5.41, 5.74) is 3.38. The van der Waals surface area contributed by atoms with E-state index in [9.17, 15) is 0 Å². The summed E-state index contributed by atoms with van der Waals surface area (Å²) in [5.74, 6) is 0.892. The quantitative estimate of drug-likeness (QED) is 0.914. The van der Waals surface area contributed by atoms with Gasteiger partial charge in [0, 0.05) is 17.1 Å². The summed E-state index contributed by atoms with van der Waals surface area (Å²) in [7, 11) is 0. The summed E-state index contributed by atoms with van der Waals surface area (Å²) in [6.07, 6.45) is 2.45. The predicted octanol–water partition coefficient (Wildman–Crippen LogP) is 3.37. The van der Waals surface area contributed by atoms with Gasteiger partial charge in [0.1, 0.15) is 11.3 Å². The molecule has 1 unspecified atom stereocenters. The molecule has 3 rings (SSSR count). The number of aryl methyl sites for hydroxylation is 1. The highest BCUT2D eigenvalue weighted by Gasteiger charge is 2.20. The lowest BCUT2D eigenvalue weighted by Gasteiger charge is -2.16. The minimum Gasteiger partial charge on any atom is -0.492 e. The van der Waals surface area contributed by atoms with Crippen molar-refractivity contribution in [1.29, 1.82) is 0 Å². The molecule has 1 aliphatic heterocycles. The average Bonchev–Trinajstić information content (AvgIpc) is 2.93. The van der Waals surface area contributed by atoms with Crippen molar-refractivity contribution in [3.63, 3.8) is 0 Å². The third-order valence-corrected chi connectivity index (χ3v) is 3.73. The number of ether oxygens (including phenoxy) is 1. The zero-order valence-electron chi connectivity index (χ0n) is 11.6. The Morgan fingerprint density at radius 2 is 2.21 bits per heavy atom. The van der Waals surface area contributed by atoms with Gasteiger partial charge in [-0.25, -0.2) is 4.98 Å². The molecule has 1 aromatic heterocycles. The highest BCUT2D eigenvalue weighted by Crippen LogP contribution is 2.33. The molecule has 1 aliphatic rings. The van der Waals surface area contributed by atoms with Crippen LogP contribution in [-0.2, 0) is 0 Å². The smallest absolute Gasteiger partial charge is 0.145 e. The zero-order chi connectivity index (χ0) is 13.2. The van der Waals surface area contributed by atoms with Gasteiger partial charge >= 0.3 is 0 Å². The van der Waals surface area contributed by atoms with Crippen LogP contribution in [0.5, 0.6) is 5.75 Å². The van der Waals surface area contributed by atoms with Crippen molar-refractivity contribution in [2.24, 2.45) is 0 Å². The van der Waals surface area contributed by atoms with Crippen molar-refractivity contribution in [3.05, 3.63) is 35.5 Å². The molecular formula is C16H20N2O. The average molecular weight is 256 g/mol. The highest BCUT2D eigenvalue weighted by molar-refractivity contribution is 5.88. The van der Waals surface area contributed by atoms with Crippen LogP contribution in [0.25, 0.3) is 10.9 Å². The fourth-order valence-corrected chi connectivity index (χ4v) is 2.84. The number of hydrogen-bond donors (Lipinski definition) is 1. The van der Waals surface area contributed by atoms with E-state index in [1.807, 2.05) is 13.8 Å². The lowest BCUT2D eigenvalue weighted by molar-refractivity contribution is 0.343. The van der Waals surface area contributed by atoms with Gasteiger partial charge in [-0.2, -0.15) is 0 Å². The molecule has 0 saturated carbocycles. The Hall–Kier alpha value is -1.61. The Kier molecular flexibility index (Phi) is 3.38. The van der Waals surface area contributed by atoms with Gasteiger partial charge in [0.2, 0.25) is 0 Å². The van der Waals surface area contributed by atoms with E-state index >= 15 is 0 Å². The second kappa shape index (κ2) is 5.17. The molecule has 3 heteroatoms. The monoisotopic (exact) mass is 256 g/mol. The number of hydrogen-bond acceptors (Lipinski definition) is 3. The highest BCUT2D eigenvalue weighted by atomic mass is 16.5. The first-order valence-corrected chi connectivity index (χ1v) is 7.06. The molecule has 3 nitrogen and oxygen atoms in total. The van der Waals surface area contributed by atoms with Gasteiger partial charge in [-0.05, 0) is 50.9 Å². The van der Waals surface area contributed by atoms with Crippen LogP contribution < -0.4 is 10.1 Å². The first-order chi connectivity index (χ1) is 9.29. The van der Waals surface area contributed by atoms with Gasteiger partial charge in [-0.1, -0.05) is 12.1 Å². The number of aromatic nitrogens is 1. The predicted molar refractivity (Wildman–Crippen MR) is 77.6 cm³/mol. The molecule has 0 amide bonds.